The van der Waals surface area contributed by atoms with E-state index < -0.39 is 12.1 Å². The molecule has 0 aliphatic heterocycles. The number of aliphatic hydroxyl groups is 1. The first-order chi connectivity index (χ1) is 15.0. The Balaban J connectivity index is 0.00000289. The Kier molecular flexibility index (Phi) is 8.25. The summed E-state index contributed by atoms with van der Waals surface area (Å²) in [6.07, 6.45) is 2.27. The molecule has 1 aliphatic carbocycles. The molecule has 0 fully saturated rings. The van der Waals surface area contributed by atoms with E-state index >= 15 is 0 Å². The Bertz CT molecular complexity index is 1120. The molecule has 5 nitrogen and oxygen atoms in total. The van der Waals surface area contributed by atoms with Crippen molar-refractivity contribution in [2.75, 3.05) is 6.54 Å². The Morgan fingerprint density at radius 1 is 1.03 bits per heavy atom. The topological polar surface area (TPSA) is 93.4 Å². The summed E-state index contributed by atoms with van der Waals surface area (Å²) in [5.74, 6) is -0.922. The normalized spacial score (nSPS) is 15.7. The molecule has 0 saturated heterocycles. The Morgan fingerprint density at radius 3 is 2.38 bits per heavy atom. The molecule has 3 aromatic carbocycles. The van der Waals surface area contributed by atoms with Gasteiger partial charge in [-0.2, -0.15) is 5.26 Å². The number of aromatic carboxylic acids is 1. The van der Waals surface area contributed by atoms with Crippen molar-refractivity contribution in [3.63, 3.8) is 0 Å². The van der Waals surface area contributed by atoms with Gasteiger partial charge < -0.3 is 15.5 Å². The standard InChI is InChI=1S/C26H24N2O3.Na.H/c27-15-17-1-3-20(4-2-17)25(29)16-28-24-12-11-19-7-10-22(13-23(19)14-24)18-5-8-21(9-6-18)26(30)31;;/h1-10,13,24-25,28-29H,11-12,14,16H2,(H,30,31);;/t24-,25+;;/m0../s1. The first-order valence-corrected chi connectivity index (χ1v) is 10.4. The monoisotopic (exact) mass is 436 g/mol. The van der Waals surface area contributed by atoms with E-state index in [0.29, 0.717) is 12.1 Å². The molecule has 6 heteroatoms. The van der Waals surface area contributed by atoms with Crippen molar-refractivity contribution in [2.45, 2.75) is 31.4 Å². The third-order valence-electron chi connectivity index (χ3n) is 5.92. The van der Waals surface area contributed by atoms with Crippen LogP contribution in [-0.4, -0.2) is 58.3 Å². The van der Waals surface area contributed by atoms with Gasteiger partial charge in [0.25, 0.3) is 0 Å². The summed E-state index contributed by atoms with van der Waals surface area (Å²) in [4.78, 5) is 11.1. The van der Waals surface area contributed by atoms with Crippen molar-refractivity contribution in [1.29, 1.82) is 5.26 Å². The number of nitrogens with zero attached hydrogens (tertiary/aromatic N) is 1. The summed E-state index contributed by atoms with van der Waals surface area (Å²) in [6, 6.07) is 22.8. The van der Waals surface area contributed by atoms with E-state index in [9.17, 15) is 9.90 Å². The fourth-order valence-corrected chi connectivity index (χ4v) is 4.09. The molecule has 3 aromatic rings. The number of fused-ring (bicyclic) bond motifs is 1. The van der Waals surface area contributed by atoms with Gasteiger partial charge >= 0.3 is 35.5 Å². The van der Waals surface area contributed by atoms with Crippen molar-refractivity contribution in [3.05, 3.63) is 94.5 Å². The van der Waals surface area contributed by atoms with Gasteiger partial charge in [-0.25, -0.2) is 4.79 Å². The maximum absolute atomic E-state index is 11.1. The predicted octanol–water partition coefficient (Wildman–Crippen LogP) is 3.46. The molecule has 0 radical (unpaired) electrons. The molecule has 0 spiro atoms. The zero-order valence-corrected chi connectivity index (χ0v) is 17.1. The van der Waals surface area contributed by atoms with Crippen LogP contribution >= 0.6 is 0 Å². The van der Waals surface area contributed by atoms with Crippen molar-refractivity contribution in [1.82, 2.24) is 5.32 Å². The molecule has 32 heavy (non-hydrogen) atoms. The number of aryl methyl sites for hydroxylation is 1. The molecule has 0 amide bonds. The zero-order valence-electron chi connectivity index (χ0n) is 17.1. The fourth-order valence-electron chi connectivity index (χ4n) is 4.09. The van der Waals surface area contributed by atoms with Gasteiger partial charge in [-0.1, -0.05) is 42.5 Å². The van der Waals surface area contributed by atoms with Crippen LogP contribution in [0.4, 0.5) is 0 Å². The Hall–Kier alpha value is -2.46. The third-order valence-corrected chi connectivity index (χ3v) is 5.92. The van der Waals surface area contributed by atoms with Crippen LogP contribution in [0.2, 0.25) is 0 Å². The second kappa shape index (κ2) is 10.9. The van der Waals surface area contributed by atoms with Crippen LogP contribution in [0.15, 0.2) is 66.7 Å². The van der Waals surface area contributed by atoms with E-state index in [0.717, 1.165) is 36.0 Å². The minimum absolute atomic E-state index is 0. The molecule has 0 bridgehead atoms. The van der Waals surface area contributed by atoms with Crippen LogP contribution in [0.25, 0.3) is 11.1 Å². The molecule has 4 rings (SSSR count). The number of rotatable bonds is 6. The molecule has 2 atom stereocenters. The summed E-state index contributed by atoms with van der Waals surface area (Å²) in [6.45, 7) is 0.461. The number of hydrogen-bond acceptors (Lipinski definition) is 4. The van der Waals surface area contributed by atoms with E-state index in [4.69, 9.17) is 10.4 Å². The molecule has 158 valence electrons. The van der Waals surface area contributed by atoms with E-state index in [2.05, 4.69) is 29.6 Å². The van der Waals surface area contributed by atoms with E-state index in [-0.39, 0.29) is 41.2 Å². The summed E-state index contributed by atoms with van der Waals surface area (Å²) in [5.41, 5.74) is 6.38. The minimum atomic E-state index is -0.922. The van der Waals surface area contributed by atoms with Crippen LogP contribution in [0, 0.1) is 11.3 Å². The number of aliphatic hydroxyl groups excluding tert-OH is 1. The number of carboxylic acid groups (broad SMARTS) is 1. The quantitative estimate of drug-likeness (QED) is 0.515. The van der Waals surface area contributed by atoms with Gasteiger partial charge in [0.2, 0.25) is 0 Å². The van der Waals surface area contributed by atoms with Gasteiger partial charge in [0.1, 0.15) is 0 Å². The molecule has 0 heterocycles. The van der Waals surface area contributed by atoms with Gasteiger partial charge in [0.05, 0.1) is 23.3 Å². The van der Waals surface area contributed by atoms with Gasteiger partial charge in [-0.3, -0.25) is 0 Å². The molecule has 3 N–H and O–H groups in total. The molecular formula is C26H25N2NaO3. The van der Waals surface area contributed by atoms with Crippen molar-refractivity contribution in [3.8, 4) is 17.2 Å². The maximum atomic E-state index is 11.1. The summed E-state index contributed by atoms with van der Waals surface area (Å²) in [7, 11) is 0. The molecule has 1 aliphatic rings. The number of nitriles is 1. The second-order valence-corrected chi connectivity index (χ2v) is 7.96. The predicted molar refractivity (Wildman–Crippen MR) is 126 cm³/mol. The van der Waals surface area contributed by atoms with Crippen LogP contribution < -0.4 is 5.32 Å². The Morgan fingerprint density at radius 2 is 1.72 bits per heavy atom. The molecule has 0 aromatic heterocycles. The number of benzene rings is 3. The zero-order chi connectivity index (χ0) is 21.8. The van der Waals surface area contributed by atoms with Crippen LogP contribution in [0.3, 0.4) is 0 Å². The number of carboxylic acids is 1. The van der Waals surface area contributed by atoms with Crippen molar-refractivity contribution in [2.24, 2.45) is 0 Å². The van der Waals surface area contributed by atoms with E-state index in [1.165, 1.54) is 11.1 Å². The van der Waals surface area contributed by atoms with Crippen LogP contribution in [0.5, 0.6) is 0 Å². The van der Waals surface area contributed by atoms with Gasteiger partial charge in [-0.15, -0.1) is 0 Å². The third kappa shape index (κ3) is 5.66. The van der Waals surface area contributed by atoms with Crippen LogP contribution in [-0.2, 0) is 12.8 Å². The average molecular weight is 436 g/mol. The number of hydrogen-bond donors (Lipinski definition) is 3. The summed E-state index contributed by atoms with van der Waals surface area (Å²) < 4.78 is 0. The Labute approximate surface area is 210 Å². The van der Waals surface area contributed by atoms with Crippen molar-refractivity contribution >= 4 is 35.5 Å². The first kappa shape index (κ1) is 24.2. The van der Waals surface area contributed by atoms with Crippen molar-refractivity contribution < 1.29 is 15.0 Å². The summed E-state index contributed by atoms with van der Waals surface area (Å²) >= 11 is 0. The first-order valence-electron chi connectivity index (χ1n) is 10.4. The number of carbonyl (C=O) groups is 1. The molecule has 0 unspecified atom stereocenters. The SMILES string of the molecule is N#Cc1ccc([C@H](O)CN[C@H]2CCc3ccc(-c4ccc(C(=O)O)cc4)cc3C2)cc1.[NaH]. The molecule has 0 saturated carbocycles. The fraction of sp³-hybridized carbons (Fsp3) is 0.231. The van der Waals surface area contributed by atoms with Gasteiger partial charge in [0, 0.05) is 12.6 Å². The second-order valence-electron chi connectivity index (χ2n) is 7.96. The van der Waals surface area contributed by atoms with E-state index in [1.807, 2.05) is 12.1 Å². The molecular weight excluding hydrogens is 411 g/mol. The average Bonchev–Trinajstić information content (AvgIpc) is 2.82. The van der Waals surface area contributed by atoms with Gasteiger partial charge in [0.15, 0.2) is 0 Å². The van der Waals surface area contributed by atoms with Gasteiger partial charge in [-0.05, 0) is 71.3 Å². The number of nitrogens with one attached hydrogen (secondary N) is 1. The van der Waals surface area contributed by atoms with E-state index in [1.54, 1.807) is 36.4 Å². The summed E-state index contributed by atoms with van der Waals surface area (Å²) in [5, 5.41) is 31.9. The van der Waals surface area contributed by atoms with Crippen LogP contribution in [0.1, 0.15) is 45.1 Å².